The molecular formula is C12H15BrN4O2. The first kappa shape index (κ1) is 13.8. The number of amides is 1. The van der Waals surface area contributed by atoms with E-state index in [-0.39, 0.29) is 23.6 Å². The van der Waals surface area contributed by atoms with Crippen molar-refractivity contribution in [3.63, 3.8) is 0 Å². The molecule has 0 saturated carbocycles. The molecule has 19 heavy (non-hydrogen) atoms. The van der Waals surface area contributed by atoms with Gasteiger partial charge >= 0.3 is 0 Å². The molecule has 7 heteroatoms. The Morgan fingerprint density at radius 1 is 1.42 bits per heavy atom. The molecular weight excluding hydrogens is 312 g/mol. The van der Waals surface area contributed by atoms with Gasteiger partial charge in [-0.25, -0.2) is 0 Å². The second-order valence-corrected chi connectivity index (χ2v) is 5.29. The highest BCUT2D eigenvalue weighted by Gasteiger charge is 2.20. The second kappa shape index (κ2) is 6.01. The first-order chi connectivity index (χ1) is 9.06. The van der Waals surface area contributed by atoms with Gasteiger partial charge in [-0.15, -0.1) is 0 Å². The van der Waals surface area contributed by atoms with Gasteiger partial charge in [0.2, 0.25) is 0 Å². The van der Waals surface area contributed by atoms with E-state index in [2.05, 4.69) is 31.4 Å². The predicted molar refractivity (Wildman–Crippen MR) is 72.5 cm³/mol. The third kappa shape index (κ3) is 3.66. The molecule has 0 radical (unpaired) electrons. The number of rotatable bonds is 5. The quantitative estimate of drug-likeness (QED) is 0.913. The average molecular weight is 327 g/mol. The van der Waals surface area contributed by atoms with Crippen LogP contribution in [0.3, 0.4) is 0 Å². The molecule has 0 spiro atoms. The molecule has 0 aliphatic rings. The van der Waals surface area contributed by atoms with Gasteiger partial charge in [-0.2, -0.15) is 15.0 Å². The Hall–Kier alpha value is -1.63. The van der Waals surface area contributed by atoms with Gasteiger partial charge in [0.25, 0.3) is 5.91 Å². The zero-order valence-electron chi connectivity index (χ0n) is 10.7. The molecule has 1 atom stereocenters. The number of furan rings is 1. The summed E-state index contributed by atoms with van der Waals surface area (Å²) in [6.07, 6.45) is 3.23. The Bertz CT molecular complexity index is 536. The minimum absolute atomic E-state index is 0.0659. The van der Waals surface area contributed by atoms with Crippen molar-refractivity contribution in [3.8, 4) is 0 Å². The first-order valence-corrected chi connectivity index (χ1v) is 6.76. The fourth-order valence-electron chi connectivity index (χ4n) is 1.61. The molecule has 0 aliphatic heterocycles. The number of carbonyl (C=O) groups excluding carboxylic acids is 1. The van der Waals surface area contributed by atoms with Crippen molar-refractivity contribution in [2.45, 2.75) is 26.4 Å². The fourth-order valence-corrected chi connectivity index (χ4v) is 1.92. The molecule has 1 amide bonds. The van der Waals surface area contributed by atoms with Crippen LogP contribution in [-0.2, 0) is 6.54 Å². The van der Waals surface area contributed by atoms with Gasteiger partial charge in [0.1, 0.15) is 0 Å². The monoisotopic (exact) mass is 326 g/mol. The van der Waals surface area contributed by atoms with Crippen LogP contribution < -0.4 is 5.32 Å². The summed E-state index contributed by atoms with van der Waals surface area (Å²) in [6.45, 7) is 4.59. The number of nitrogens with zero attached hydrogens (tertiary/aromatic N) is 3. The molecule has 2 aromatic rings. The number of aromatic nitrogens is 3. The fraction of sp³-hybridized carbons (Fsp3) is 0.417. The van der Waals surface area contributed by atoms with Crippen LogP contribution in [0.15, 0.2) is 33.6 Å². The summed E-state index contributed by atoms with van der Waals surface area (Å²) >= 11 is 3.17. The molecule has 2 aromatic heterocycles. The van der Waals surface area contributed by atoms with Crippen LogP contribution in [0, 0.1) is 5.92 Å². The van der Waals surface area contributed by atoms with Crippen molar-refractivity contribution in [2.24, 2.45) is 5.92 Å². The van der Waals surface area contributed by atoms with Crippen LogP contribution in [0.2, 0.25) is 0 Å². The van der Waals surface area contributed by atoms with Crippen molar-refractivity contribution in [2.75, 3.05) is 0 Å². The summed E-state index contributed by atoms with van der Waals surface area (Å²) in [6, 6.07) is 3.25. The van der Waals surface area contributed by atoms with Crippen LogP contribution in [0.25, 0.3) is 0 Å². The van der Waals surface area contributed by atoms with Crippen molar-refractivity contribution >= 4 is 21.8 Å². The first-order valence-electron chi connectivity index (χ1n) is 5.96. The minimum Gasteiger partial charge on any atom is -0.444 e. The van der Waals surface area contributed by atoms with Crippen molar-refractivity contribution in [1.82, 2.24) is 20.3 Å². The second-order valence-electron chi connectivity index (χ2n) is 4.51. The maximum absolute atomic E-state index is 12.0. The van der Waals surface area contributed by atoms with E-state index in [1.54, 1.807) is 29.3 Å². The van der Waals surface area contributed by atoms with E-state index in [1.807, 2.05) is 13.8 Å². The van der Waals surface area contributed by atoms with Crippen LogP contribution in [-0.4, -0.2) is 26.9 Å². The van der Waals surface area contributed by atoms with Gasteiger partial charge in [0.15, 0.2) is 10.4 Å². The standard InChI is InChI=1S/C12H15BrN4O2/c1-8(2)9(7-17-14-5-6-15-17)16-12(18)10-3-4-11(13)19-10/h3-6,8-9H,7H2,1-2H3,(H,16,18). The van der Waals surface area contributed by atoms with Crippen LogP contribution in [0.4, 0.5) is 0 Å². The Labute approximate surface area is 119 Å². The summed E-state index contributed by atoms with van der Waals surface area (Å²) in [5, 5.41) is 11.0. The molecule has 0 bridgehead atoms. The van der Waals surface area contributed by atoms with E-state index in [1.165, 1.54) is 0 Å². The largest absolute Gasteiger partial charge is 0.444 e. The highest BCUT2D eigenvalue weighted by molar-refractivity contribution is 9.10. The topological polar surface area (TPSA) is 73.0 Å². The molecule has 102 valence electrons. The summed E-state index contributed by atoms with van der Waals surface area (Å²) in [5.74, 6) is 0.302. The van der Waals surface area contributed by atoms with Crippen molar-refractivity contribution < 1.29 is 9.21 Å². The SMILES string of the molecule is CC(C)C(Cn1nccn1)NC(=O)c1ccc(Br)o1. The van der Waals surface area contributed by atoms with Gasteiger partial charge in [0, 0.05) is 0 Å². The zero-order chi connectivity index (χ0) is 13.8. The highest BCUT2D eigenvalue weighted by atomic mass is 79.9. The zero-order valence-corrected chi connectivity index (χ0v) is 12.3. The van der Waals surface area contributed by atoms with Crippen LogP contribution in [0.5, 0.6) is 0 Å². The van der Waals surface area contributed by atoms with Gasteiger partial charge in [-0.3, -0.25) is 4.79 Å². The van der Waals surface area contributed by atoms with E-state index in [0.717, 1.165) is 0 Å². The Morgan fingerprint density at radius 3 is 2.63 bits per heavy atom. The van der Waals surface area contributed by atoms with E-state index >= 15 is 0 Å². The third-order valence-corrected chi connectivity index (χ3v) is 3.17. The normalized spacial score (nSPS) is 12.6. The van der Waals surface area contributed by atoms with Crippen molar-refractivity contribution in [1.29, 1.82) is 0 Å². The van der Waals surface area contributed by atoms with Crippen LogP contribution in [0.1, 0.15) is 24.4 Å². The number of nitrogens with one attached hydrogen (secondary N) is 1. The summed E-state index contributed by atoms with van der Waals surface area (Å²) in [7, 11) is 0. The predicted octanol–water partition coefficient (Wildman–Crippen LogP) is 2.09. The molecule has 6 nitrogen and oxygen atoms in total. The summed E-state index contributed by atoms with van der Waals surface area (Å²) in [4.78, 5) is 13.6. The Balaban J connectivity index is 2.02. The summed E-state index contributed by atoms with van der Waals surface area (Å²) < 4.78 is 5.76. The van der Waals surface area contributed by atoms with Gasteiger partial charge in [-0.05, 0) is 34.0 Å². The lowest BCUT2D eigenvalue weighted by molar-refractivity contribution is 0.0888. The van der Waals surface area contributed by atoms with Gasteiger partial charge in [0.05, 0.1) is 25.0 Å². The Morgan fingerprint density at radius 2 is 2.11 bits per heavy atom. The lowest BCUT2D eigenvalue weighted by Gasteiger charge is -2.21. The van der Waals surface area contributed by atoms with E-state index in [0.29, 0.717) is 11.2 Å². The van der Waals surface area contributed by atoms with E-state index in [4.69, 9.17) is 4.42 Å². The molecule has 2 heterocycles. The molecule has 1 N–H and O–H groups in total. The molecule has 0 aromatic carbocycles. The number of halogens is 1. The van der Waals surface area contributed by atoms with Gasteiger partial charge in [-0.1, -0.05) is 13.8 Å². The van der Waals surface area contributed by atoms with Crippen LogP contribution >= 0.6 is 15.9 Å². The summed E-state index contributed by atoms with van der Waals surface area (Å²) in [5.41, 5.74) is 0. The lowest BCUT2D eigenvalue weighted by Crippen LogP contribution is -2.41. The highest BCUT2D eigenvalue weighted by Crippen LogP contribution is 2.14. The number of hydrogen-bond donors (Lipinski definition) is 1. The molecule has 1 unspecified atom stereocenters. The lowest BCUT2D eigenvalue weighted by atomic mass is 10.0. The minimum atomic E-state index is -0.239. The third-order valence-electron chi connectivity index (χ3n) is 2.74. The molecule has 0 saturated heterocycles. The van der Waals surface area contributed by atoms with E-state index in [9.17, 15) is 4.79 Å². The Kier molecular flexibility index (Phi) is 4.36. The molecule has 0 fully saturated rings. The van der Waals surface area contributed by atoms with Gasteiger partial charge < -0.3 is 9.73 Å². The molecule has 2 rings (SSSR count). The maximum Gasteiger partial charge on any atom is 0.287 e. The molecule has 0 aliphatic carbocycles. The smallest absolute Gasteiger partial charge is 0.287 e. The number of carbonyl (C=O) groups is 1. The van der Waals surface area contributed by atoms with E-state index < -0.39 is 0 Å². The number of hydrogen-bond acceptors (Lipinski definition) is 4. The maximum atomic E-state index is 12.0. The van der Waals surface area contributed by atoms with Crippen molar-refractivity contribution in [3.05, 3.63) is 35.0 Å². The average Bonchev–Trinajstić information content (AvgIpc) is 2.99.